The molecule has 2 unspecified atom stereocenters. The Morgan fingerprint density at radius 1 is 0.216 bits per heavy atom. The van der Waals surface area contributed by atoms with Crippen molar-refractivity contribution < 1.29 is 0 Å². The second-order valence-electron chi connectivity index (χ2n) is 35.8. The average Bonchev–Trinajstić information content (AvgIpc) is 1.53. The largest absolute Gasteiger partial charge is 0.310 e. The van der Waals surface area contributed by atoms with E-state index < -0.39 is 10.8 Å². The summed E-state index contributed by atoms with van der Waals surface area (Å²) in [5.41, 5.74) is 34.8. The molecule has 4 heteroatoms. The van der Waals surface area contributed by atoms with Crippen LogP contribution in [0, 0.1) is 5.92 Å². The van der Waals surface area contributed by atoms with Gasteiger partial charge in [-0.05, 0) is 223 Å². The molecule has 2 nitrogen and oxygen atoms in total. The summed E-state index contributed by atoms with van der Waals surface area (Å²) in [6, 6.07) is 182. The molecular formula is C130H86N2S2. The molecule has 628 valence electrons. The van der Waals surface area contributed by atoms with Crippen molar-refractivity contribution in [2.24, 2.45) is 5.92 Å². The first-order valence-corrected chi connectivity index (χ1v) is 48.1. The molecule has 2 atom stereocenters. The van der Waals surface area contributed by atoms with Crippen LogP contribution in [0.2, 0.25) is 0 Å². The van der Waals surface area contributed by atoms with E-state index in [0.717, 1.165) is 56.3 Å². The Morgan fingerprint density at radius 3 is 1.28 bits per heavy atom. The predicted octanol–water partition coefficient (Wildman–Crippen LogP) is 35.9. The Hall–Kier alpha value is -16.3. The third-order valence-electron chi connectivity index (χ3n) is 28.9. The summed E-state index contributed by atoms with van der Waals surface area (Å²) in [5.74, 6) is 0.210. The van der Waals surface area contributed by atoms with Crippen molar-refractivity contribution in [2.45, 2.75) is 16.7 Å². The van der Waals surface area contributed by atoms with Crippen molar-refractivity contribution in [1.29, 1.82) is 0 Å². The van der Waals surface area contributed by atoms with E-state index in [2.05, 4.69) is 519 Å². The Labute approximate surface area is 788 Å². The van der Waals surface area contributed by atoms with Gasteiger partial charge in [0.15, 0.2) is 0 Å². The minimum atomic E-state index is -0.607. The fraction of sp³-hybridized carbons (Fsp3) is 0.0308. The summed E-state index contributed by atoms with van der Waals surface area (Å²) in [6.07, 6.45) is 9.49. The molecule has 0 aliphatic heterocycles. The number of anilines is 6. The Balaban J connectivity index is 0.557. The Morgan fingerprint density at radius 2 is 0.627 bits per heavy atom. The number of para-hydroxylation sites is 2. The summed E-state index contributed by atoms with van der Waals surface area (Å²) in [6.45, 7) is 0. The van der Waals surface area contributed by atoms with Gasteiger partial charge in [0.2, 0.25) is 0 Å². The summed E-state index contributed by atoms with van der Waals surface area (Å²) in [5, 5.41) is 9.96. The lowest BCUT2D eigenvalue weighted by atomic mass is 9.63. The van der Waals surface area contributed by atoms with Crippen molar-refractivity contribution in [1.82, 2.24) is 0 Å². The topological polar surface area (TPSA) is 6.48 Å². The van der Waals surface area contributed by atoms with Crippen LogP contribution in [0.15, 0.2) is 510 Å². The molecule has 0 fully saturated rings. The second kappa shape index (κ2) is 32.3. The minimum Gasteiger partial charge on any atom is -0.310 e. The molecule has 26 rings (SSSR count). The van der Waals surface area contributed by atoms with Crippen molar-refractivity contribution >= 4 is 119 Å². The van der Waals surface area contributed by atoms with Crippen LogP contribution in [-0.2, 0) is 10.8 Å². The highest BCUT2D eigenvalue weighted by Crippen LogP contribution is 2.65. The highest BCUT2D eigenvalue weighted by atomic mass is 32.1. The third-order valence-corrected chi connectivity index (χ3v) is 31.2. The molecule has 2 aromatic heterocycles. The van der Waals surface area contributed by atoms with Crippen LogP contribution in [0.3, 0.4) is 0 Å². The van der Waals surface area contributed by atoms with Gasteiger partial charge in [-0.2, -0.15) is 0 Å². The standard InChI is InChI=1S/C130H86N2S2/c1-5-36-95(37-6-1)129(96-38-7-2-8-39-96)113-55-20-15-48-109(113)127-115(129)57-30-61-119(127)131(117-59-22-17-46-105(117)107-53-28-64-123-125(107)111-50-19-24-63-121(111)133-123)99-78-74-86(75-79-99)85-66-70-90(71-67-85)103-52-27-35-94-82-92(76-80-104(94)103)93-77-81-122-112(84-93)126-108(54-29-65-124(126)134-122)106-47-18-23-60-118(106)132(100-44-25-34-91(83-100)87-68-72-89(73-69-87)102-51-26-33-88-32-13-14-45-101(88)102)120-62-31-58-116-128(120)110-49-16-21-56-114(110)130(116,97-40-9-3-10-41-97)98-42-11-4-12-43-98/h1-84,109,113H. The quantitative estimate of drug-likeness (QED) is 0.0896. The molecule has 23 aromatic rings. The van der Waals surface area contributed by atoms with E-state index in [0.29, 0.717) is 0 Å². The first-order chi connectivity index (χ1) is 66.5. The highest BCUT2D eigenvalue weighted by Gasteiger charge is 2.55. The lowest BCUT2D eigenvalue weighted by Crippen LogP contribution is -2.34. The minimum absolute atomic E-state index is 0.0866. The van der Waals surface area contributed by atoms with Crippen LogP contribution in [0.25, 0.3) is 151 Å². The Kier molecular flexibility index (Phi) is 19.0. The molecule has 3 aliphatic carbocycles. The van der Waals surface area contributed by atoms with Crippen LogP contribution in [0.4, 0.5) is 34.1 Å². The predicted molar refractivity (Wildman–Crippen MR) is 569 cm³/mol. The van der Waals surface area contributed by atoms with Crippen LogP contribution < -0.4 is 9.80 Å². The van der Waals surface area contributed by atoms with E-state index in [1.807, 2.05) is 22.7 Å². The molecule has 0 saturated heterocycles. The van der Waals surface area contributed by atoms with Gasteiger partial charge in [0.05, 0.1) is 33.6 Å². The molecule has 21 aromatic carbocycles. The fourth-order valence-corrected chi connectivity index (χ4v) is 25.4. The molecule has 0 amide bonds. The van der Waals surface area contributed by atoms with Gasteiger partial charge in [-0.25, -0.2) is 0 Å². The van der Waals surface area contributed by atoms with E-state index >= 15 is 0 Å². The zero-order valence-electron chi connectivity index (χ0n) is 73.4. The summed E-state index contributed by atoms with van der Waals surface area (Å²) < 4.78 is 5.08. The van der Waals surface area contributed by atoms with Crippen LogP contribution in [0.1, 0.15) is 50.4 Å². The molecule has 0 N–H and O–H groups in total. The molecule has 0 bridgehead atoms. The molecule has 0 spiro atoms. The number of allylic oxidation sites excluding steroid dienone is 4. The maximum absolute atomic E-state index is 2.58. The van der Waals surface area contributed by atoms with Crippen molar-refractivity contribution in [3.63, 3.8) is 0 Å². The van der Waals surface area contributed by atoms with Crippen molar-refractivity contribution in [3.8, 4) is 89.0 Å². The van der Waals surface area contributed by atoms with Gasteiger partial charge in [-0.3, -0.25) is 0 Å². The number of thiophene rings is 2. The lowest BCUT2D eigenvalue weighted by molar-refractivity contribution is 0.457. The first kappa shape index (κ1) is 78.7. The molecule has 134 heavy (non-hydrogen) atoms. The normalized spacial score (nSPS) is 14.3. The zero-order chi connectivity index (χ0) is 88.4. The summed E-state index contributed by atoms with van der Waals surface area (Å²) in [7, 11) is 0. The van der Waals surface area contributed by atoms with Gasteiger partial charge >= 0.3 is 0 Å². The molecule has 0 saturated carbocycles. The fourth-order valence-electron chi connectivity index (χ4n) is 23.2. The van der Waals surface area contributed by atoms with Gasteiger partial charge in [0.1, 0.15) is 0 Å². The summed E-state index contributed by atoms with van der Waals surface area (Å²) >= 11 is 3.74. The van der Waals surface area contributed by atoms with Crippen LogP contribution >= 0.6 is 22.7 Å². The van der Waals surface area contributed by atoms with Gasteiger partial charge in [0.25, 0.3) is 0 Å². The monoisotopic (exact) mass is 1740 g/mol. The molecule has 0 radical (unpaired) electrons. The maximum atomic E-state index is 2.58. The number of hydrogen-bond acceptors (Lipinski definition) is 4. The third kappa shape index (κ3) is 12.6. The first-order valence-electron chi connectivity index (χ1n) is 46.5. The van der Waals surface area contributed by atoms with E-state index in [-0.39, 0.29) is 11.8 Å². The average molecular weight is 1740 g/mol. The number of benzene rings is 21. The van der Waals surface area contributed by atoms with E-state index in [9.17, 15) is 0 Å². The van der Waals surface area contributed by atoms with E-state index in [1.165, 1.54) is 173 Å². The second-order valence-corrected chi connectivity index (χ2v) is 38.0. The van der Waals surface area contributed by atoms with E-state index in [1.54, 1.807) is 0 Å². The van der Waals surface area contributed by atoms with Crippen LogP contribution in [0.5, 0.6) is 0 Å². The number of hydrogen-bond donors (Lipinski definition) is 0. The molecule has 2 heterocycles. The zero-order valence-corrected chi connectivity index (χ0v) is 75.0. The van der Waals surface area contributed by atoms with Crippen molar-refractivity contribution in [3.05, 3.63) is 554 Å². The lowest BCUT2D eigenvalue weighted by Gasteiger charge is -2.38. The highest BCUT2D eigenvalue weighted by molar-refractivity contribution is 7.26. The number of fused-ring (bicyclic) bond motifs is 14. The summed E-state index contributed by atoms with van der Waals surface area (Å²) in [4.78, 5) is 5.15. The van der Waals surface area contributed by atoms with Gasteiger partial charge in [0, 0.05) is 80.2 Å². The SMILES string of the molecule is C1=CC2c3c(N(c4ccc(-c5ccc(-c6cccc7cc(-c8ccc9sc%10cccc(-c%11ccccc%11N(c%11cccc(-c%12ccc(-c%13cccc%14ccccc%13%14)cc%12)c%11)c%11cccc%12c%11-c%11ccccc%11C%12(c%11ccccc%11)c%11ccccc%11)c%10c9c8)ccc67)cc5)cc4)c4ccccc4-c4cccc5sc6ccccc6c45)cccc3C(c3ccccc3)(c3ccccc3)C2C=C1. The van der Waals surface area contributed by atoms with Gasteiger partial charge < -0.3 is 9.80 Å². The number of rotatable bonds is 17. The molecule has 3 aliphatic rings. The van der Waals surface area contributed by atoms with Gasteiger partial charge in [-0.1, -0.05) is 425 Å². The van der Waals surface area contributed by atoms with Crippen LogP contribution in [-0.4, -0.2) is 0 Å². The smallest absolute Gasteiger partial charge is 0.0714 e. The maximum Gasteiger partial charge on any atom is 0.0714 e. The van der Waals surface area contributed by atoms with Crippen molar-refractivity contribution in [2.75, 3.05) is 9.80 Å². The Bertz CT molecular complexity index is 8540. The number of nitrogens with zero attached hydrogens (tertiary/aromatic N) is 2. The van der Waals surface area contributed by atoms with E-state index in [4.69, 9.17) is 0 Å². The molecular weight excluding hydrogens is 1650 g/mol. The van der Waals surface area contributed by atoms with Gasteiger partial charge in [-0.15, -0.1) is 22.7 Å².